The van der Waals surface area contributed by atoms with Gasteiger partial charge in [0.1, 0.15) is 29.5 Å². The van der Waals surface area contributed by atoms with Crippen molar-refractivity contribution in [2.24, 2.45) is 5.92 Å². The molecule has 0 spiro atoms. The smallest absolute Gasteiger partial charge is 0.262 e. The lowest BCUT2D eigenvalue weighted by Gasteiger charge is -2.44. The van der Waals surface area contributed by atoms with Gasteiger partial charge in [0, 0.05) is 86.0 Å². The Balaban J connectivity index is 0.709. The van der Waals surface area contributed by atoms with Gasteiger partial charge in [0.15, 0.2) is 10.9 Å². The second kappa shape index (κ2) is 17.2. The number of aromatic hydroxyl groups is 1. The van der Waals surface area contributed by atoms with Crippen LogP contribution in [0.5, 0.6) is 5.75 Å². The Morgan fingerprint density at radius 3 is 2.31 bits per heavy atom. The number of anilines is 3. The van der Waals surface area contributed by atoms with Gasteiger partial charge in [-0.2, -0.15) is 0 Å². The molecule has 3 N–H and O–H groups in total. The molecule has 4 unspecified atom stereocenters. The van der Waals surface area contributed by atoms with Crippen LogP contribution in [0.3, 0.4) is 0 Å². The standard InChI is InChI=1S/C48H44F2N10O7S/c49-28-3-8-39(61)34(18-28)42(44(64)53-48-51-13-16-68-48)59-22-27-2-1-26(17-31(27)45(59)65)36-6-9-40(55-54-36)56-14-11-25(12-15-56)21-58-29-4-5-30(58)24-57(23-29)38-20-33-32(19-35(38)50)46(66)60(47(33)67)37-7-10-41(62)52-43(37)63/h1-3,6,8-9,13,16-20,25,29-30,37,42,61H,4-5,7,10-12,14-15,21-24H2,(H,51,53,64)(H,52,62,63). The lowest BCUT2D eigenvalue weighted by molar-refractivity contribution is -0.136. The number of aromatic nitrogens is 3. The van der Waals surface area contributed by atoms with Crippen molar-refractivity contribution in [1.29, 1.82) is 0 Å². The SMILES string of the molecule is O=C1CCC(N2C(=O)c3cc(F)c(N4CC5CCC(C4)N5CC4CCN(c5ccc(-c6ccc7c(c6)C(=O)N(C(C(=O)Nc6nccs6)c6cc(F)ccc6O)C7)nn5)CC4)cc3C2=O)C(=O)N1. The molecule has 8 heterocycles. The third-order valence-corrected chi connectivity index (χ3v) is 15.0. The van der Waals surface area contributed by atoms with Crippen LogP contribution >= 0.6 is 11.3 Å². The highest BCUT2D eigenvalue weighted by molar-refractivity contribution is 7.13. The van der Waals surface area contributed by atoms with Crippen molar-refractivity contribution in [2.75, 3.05) is 47.8 Å². The molecule has 17 nitrogen and oxygen atoms in total. The number of nitrogens with one attached hydrogen (secondary N) is 2. The third kappa shape index (κ3) is 7.70. The van der Waals surface area contributed by atoms with Crippen molar-refractivity contribution in [3.05, 3.63) is 112 Å². The number of imide groups is 2. The Labute approximate surface area is 391 Å². The van der Waals surface area contributed by atoms with Gasteiger partial charge in [0.25, 0.3) is 23.6 Å². The van der Waals surface area contributed by atoms with Crippen molar-refractivity contribution >= 4 is 63.4 Å². The van der Waals surface area contributed by atoms with Crippen molar-refractivity contribution in [2.45, 2.75) is 69.2 Å². The van der Waals surface area contributed by atoms with E-state index in [2.05, 4.69) is 35.6 Å². The van der Waals surface area contributed by atoms with E-state index in [1.807, 2.05) is 23.1 Å². The number of thiazole rings is 1. The summed E-state index contributed by atoms with van der Waals surface area (Å²) in [6.07, 6.45) is 5.38. The molecule has 5 aromatic rings. The summed E-state index contributed by atoms with van der Waals surface area (Å²) in [6.45, 7) is 3.70. The van der Waals surface area contributed by atoms with E-state index in [-0.39, 0.29) is 59.6 Å². The number of carbonyl (C=O) groups excluding carboxylic acids is 6. The van der Waals surface area contributed by atoms with Gasteiger partial charge in [-0.3, -0.25) is 49.2 Å². The van der Waals surface area contributed by atoms with Crippen LogP contribution in [-0.4, -0.2) is 121 Å². The number of piperazine rings is 1. The zero-order valence-corrected chi connectivity index (χ0v) is 37.3. The van der Waals surface area contributed by atoms with E-state index in [4.69, 9.17) is 0 Å². The number of phenolic OH excluding ortho intramolecular Hbond substituents is 1. The molecule has 0 radical (unpaired) electrons. The fourth-order valence-corrected chi connectivity index (χ4v) is 11.4. The first-order valence-corrected chi connectivity index (χ1v) is 23.5. The number of carbonyl (C=O) groups is 6. The molecule has 0 saturated carbocycles. The van der Waals surface area contributed by atoms with Gasteiger partial charge in [-0.15, -0.1) is 21.5 Å². The highest BCUT2D eigenvalue weighted by atomic mass is 32.1. The van der Waals surface area contributed by atoms with Gasteiger partial charge in [0.2, 0.25) is 11.8 Å². The molecule has 0 aliphatic carbocycles. The van der Waals surface area contributed by atoms with Crippen molar-refractivity contribution in [3.8, 4) is 17.0 Å². The van der Waals surface area contributed by atoms with Crippen LogP contribution in [0.2, 0.25) is 0 Å². The predicted octanol–water partition coefficient (Wildman–Crippen LogP) is 4.89. The number of amides is 6. The number of rotatable bonds is 10. The van der Waals surface area contributed by atoms with Crippen molar-refractivity contribution < 1.29 is 42.7 Å². The lowest BCUT2D eigenvalue weighted by Crippen LogP contribution is -2.55. The van der Waals surface area contributed by atoms with E-state index in [1.54, 1.807) is 17.5 Å². The molecular weight excluding hydrogens is 899 g/mol. The molecule has 68 heavy (non-hydrogen) atoms. The predicted molar refractivity (Wildman–Crippen MR) is 243 cm³/mol. The average Bonchev–Trinajstić information content (AvgIpc) is 4.07. The molecule has 6 amide bonds. The molecule has 4 atom stereocenters. The maximum Gasteiger partial charge on any atom is 0.262 e. The Hall–Kier alpha value is -7.19. The maximum atomic E-state index is 15.8. The molecule has 2 bridgehead atoms. The summed E-state index contributed by atoms with van der Waals surface area (Å²) in [5.74, 6) is -4.07. The molecule has 6 aliphatic rings. The number of halogens is 2. The maximum absolute atomic E-state index is 15.8. The second-order valence-electron chi connectivity index (χ2n) is 18.2. The number of nitrogens with zero attached hydrogens (tertiary/aromatic N) is 8. The molecule has 348 valence electrons. The molecule has 6 aliphatic heterocycles. The van der Waals surface area contributed by atoms with Gasteiger partial charge in [0.05, 0.1) is 22.5 Å². The second-order valence-corrected chi connectivity index (χ2v) is 19.1. The largest absolute Gasteiger partial charge is 0.508 e. The number of hydrogen-bond donors (Lipinski definition) is 3. The number of phenols is 1. The minimum absolute atomic E-state index is 0.00214. The monoisotopic (exact) mass is 942 g/mol. The Morgan fingerprint density at radius 2 is 1.60 bits per heavy atom. The van der Waals surface area contributed by atoms with Crippen LogP contribution in [0.25, 0.3) is 11.3 Å². The van der Waals surface area contributed by atoms with E-state index in [1.165, 1.54) is 28.5 Å². The van der Waals surface area contributed by atoms with Crippen LogP contribution in [-0.2, 0) is 20.9 Å². The normalized spacial score (nSPS) is 22.2. The number of benzene rings is 3. The van der Waals surface area contributed by atoms with Gasteiger partial charge in [-0.05, 0) is 92.1 Å². The molecule has 3 aromatic carbocycles. The third-order valence-electron chi connectivity index (χ3n) is 14.3. The first kappa shape index (κ1) is 43.4. The van der Waals surface area contributed by atoms with Crippen molar-refractivity contribution in [3.63, 3.8) is 0 Å². The van der Waals surface area contributed by atoms with Crippen LogP contribution < -0.4 is 20.4 Å². The van der Waals surface area contributed by atoms with Crippen molar-refractivity contribution in [1.82, 2.24) is 35.2 Å². The summed E-state index contributed by atoms with van der Waals surface area (Å²) in [6, 6.07) is 12.9. The van der Waals surface area contributed by atoms with E-state index in [9.17, 15) is 38.3 Å². The van der Waals surface area contributed by atoms with E-state index in [0.717, 1.165) is 80.3 Å². The Morgan fingerprint density at radius 1 is 0.838 bits per heavy atom. The van der Waals surface area contributed by atoms with Gasteiger partial charge < -0.3 is 19.8 Å². The Bertz CT molecular complexity index is 2900. The summed E-state index contributed by atoms with van der Waals surface area (Å²) in [5, 5.41) is 26.7. The summed E-state index contributed by atoms with van der Waals surface area (Å²) < 4.78 is 30.2. The van der Waals surface area contributed by atoms with E-state index in [0.29, 0.717) is 46.5 Å². The molecule has 2 aromatic heterocycles. The number of piperidine rings is 2. The van der Waals surface area contributed by atoms with Gasteiger partial charge >= 0.3 is 0 Å². The molecule has 20 heteroatoms. The number of hydrogen-bond acceptors (Lipinski definition) is 14. The average molecular weight is 943 g/mol. The first-order valence-electron chi connectivity index (χ1n) is 22.7. The summed E-state index contributed by atoms with van der Waals surface area (Å²) in [7, 11) is 0. The lowest BCUT2D eigenvalue weighted by atomic mass is 9.95. The molecule has 4 saturated heterocycles. The summed E-state index contributed by atoms with van der Waals surface area (Å²) in [5.41, 5.74) is 2.45. The van der Waals surface area contributed by atoms with Crippen LogP contribution in [0.15, 0.2) is 72.2 Å². The minimum Gasteiger partial charge on any atom is -0.508 e. The summed E-state index contributed by atoms with van der Waals surface area (Å²) in [4.78, 5) is 91.7. The summed E-state index contributed by atoms with van der Waals surface area (Å²) >= 11 is 1.19. The van der Waals surface area contributed by atoms with Gasteiger partial charge in [-0.1, -0.05) is 12.1 Å². The highest BCUT2D eigenvalue weighted by Crippen LogP contribution is 2.40. The quantitative estimate of drug-likeness (QED) is 0.160. The first-order chi connectivity index (χ1) is 32.9. The van der Waals surface area contributed by atoms with Crippen LogP contribution in [0, 0.1) is 17.6 Å². The minimum atomic E-state index is -1.35. The molecular formula is C48H44F2N10O7S. The highest BCUT2D eigenvalue weighted by Gasteiger charge is 2.47. The van der Waals surface area contributed by atoms with Crippen LogP contribution in [0.1, 0.15) is 86.8 Å². The number of fused-ring (bicyclic) bond motifs is 4. The van der Waals surface area contributed by atoms with E-state index >= 15 is 4.39 Å². The Kier molecular flexibility index (Phi) is 10.9. The van der Waals surface area contributed by atoms with E-state index < -0.39 is 59.2 Å². The topological polar surface area (TPSA) is 202 Å². The van der Waals surface area contributed by atoms with Crippen LogP contribution in [0.4, 0.5) is 25.4 Å². The van der Waals surface area contributed by atoms with Gasteiger partial charge in [-0.25, -0.2) is 13.8 Å². The zero-order chi connectivity index (χ0) is 47.0. The fraction of sp³-hybridized carbons (Fsp3) is 0.354. The zero-order valence-electron chi connectivity index (χ0n) is 36.4. The molecule has 4 fully saturated rings. The molecule has 11 rings (SSSR count). The fourth-order valence-electron chi connectivity index (χ4n) is 10.8.